The molecule has 3 fully saturated rings. The monoisotopic (exact) mass is 661 g/mol. The molecule has 4 atom stereocenters. The van der Waals surface area contributed by atoms with Gasteiger partial charge in [0.05, 0.1) is 18.2 Å². The Bertz CT molecular complexity index is 1850. The lowest BCUT2D eigenvalue weighted by atomic mass is 9.81. The Balaban J connectivity index is 1.43. The molecule has 47 heavy (non-hydrogen) atoms. The van der Waals surface area contributed by atoms with Crippen LogP contribution in [-0.2, 0) is 21.5 Å². The minimum Gasteiger partial charge on any atom is -0.496 e. The Morgan fingerprint density at radius 1 is 1.00 bits per heavy atom. The van der Waals surface area contributed by atoms with Crippen LogP contribution in [-0.4, -0.2) is 92.3 Å². The van der Waals surface area contributed by atoms with Crippen molar-refractivity contribution in [3.05, 3.63) is 53.1 Å². The highest BCUT2D eigenvalue weighted by molar-refractivity contribution is 7.87. The summed E-state index contributed by atoms with van der Waals surface area (Å²) in [5.41, 5.74) is 5.07. The molecule has 2 saturated carbocycles. The highest BCUT2D eigenvalue weighted by atomic mass is 32.2. The smallest absolute Gasteiger partial charge is 0.303 e. The number of rotatable bonds is 6. The van der Waals surface area contributed by atoms with E-state index >= 15 is 0 Å². The van der Waals surface area contributed by atoms with Gasteiger partial charge >= 0.3 is 10.2 Å². The SMILES string of the molecule is COc1cccc2c1C1CC1(C(=O)N1C[C@@H](C)N(C)[C@@H](C)C1)Cn1c-2c(C2CCCCC2)c2ccc(C(=O)NS(=O)(=O)N(C)C)cc21. The number of aromatic nitrogens is 1. The Morgan fingerprint density at radius 3 is 2.36 bits per heavy atom. The molecular weight excluding hydrogens is 614 g/mol. The molecule has 4 aliphatic rings. The molecule has 1 aromatic heterocycles. The number of nitrogens with zero attached hydrogens (tertiary/aromatic N) is 4. The number of piperazine rings is 1. The van der Waals surface area contributed by atoms with Crippen molar-refractivity contribution in [2.24, 2.45) is 5.41 Å². The van der Waals surface area contributed by atoms with E-state index < -0.39 is 21.5 Å². The van der Waals surface area contributed by atoms with Crippen molar-refractivity contribution in [1.82, 2.24) is 23.4 Å². The van der Waals surface area contributed by atoms with Crippen LogP contribution in [0.25, 0.3) is 22.2 Å². The number of carbonyl (C=O) groups excluding carboxylic acids is 2. The molecule has 2 aliphatic heterocycles. The molecule has 3 aromatic rings. The van der Waals surface area contributed by atoms with E-state index in [4.69, 9.17) is 4.74 Å². The minimum absolute atomic E-state index is 0.0114. The minimum atomic E-state index is -3.97. The van der Waals surface area contributed by atoms with E-state index in [9.17, 15) is 18.0 Å². The Hall–Kier alpha value is -3.41. The maximum Gasteiger partial charge on any atom is 0.303 e. The van der Waals surface area contributed by atoms with Gasteiger partial charge in [0.25, 0.3) is 5.91 Å². The van der Waals surface area contributed by atoms with E-state index in [0.717, 1.165) is 69.9 Å². The van der Waals surface area contributed by atoms with Crippen LogP contribution in [0.2, 0.25) is 0 Å². The third-order valence-electron chi connectivity index (χ3n) is 11.6. The normalized spacial score (nSPS) is 26.4. The molecule has 0 radical (unpaired) electrons. The molecule has 11 heteroatoms. The van der Waals surface area contributed by atoms with Gasteiger partial charge in [-0.1, -0.05) is 37.5 Å². The fraction of sp³-hybridized carbons (Fsp3) is 0.556. The number of methoxy groups -OCH3 is 1. The van der Waals surface area contributed by atoms with Crippen LogP contribution in [0.15, 0.2) is 36.4 Å². The molecule has 0 spiro atoms. The summed E-state index contributed by atoms with van der Waals surface area (Å²) in [6, 6.07) is 12.3. The van der Waals surface area contributed by atoms with Gasteiger partial charge in [0.15, 0.2) is 0 Å². The van der Waals surface area contributed by atoms with E-state index in [2.05, 4.69) is 46.1 Å². The second-order valence-electron chi connectivity index (χ2n) is 14.5. The number of amides is 2. The molecule has 1 saturated heterocycles. The van der Waals surface area contributed by atoms with Crippen LogP contribution < -0.4 is 9.46 Å². The molecular formula is C36H47N5O5S. The first-order chi connectivity index (χ1) is 22.4. The zero-order valence-corrected chi connectivity index (χ0v) is 29.2. The summed E-state index contributed by atoms with van der Waals surface area (Å²) >= 11 is 0. The van der Waals surface area contributed by atoms with Crippen molar-refractivity contribution in [3.8, 4) is 17.0 Å². The Labute approximate surface area is 278 Å². The predicted octanol–water partition coefficient (Wildman–Crippen LogP) is 4.94. The van der Waals surface area contributed by atoms with Crippen LogP contribution in [0.5, 0.6) is 5.75 Å². The van der Waals surface area contributed by atoms with Crippen molar-refractivity contribution in [3.63, 3.8) is 0 Å². The molecule has 252 valence electrons. The second kappa shape index (κ2) is 11.6. The number of fused-ring (bicyclic) bond motifs is 7. The number of ether oxygens (including phenoxy) is 1. The third kappa shape index (κ3) is 5.16. The summed E-state index contributed by atoms with van der Waals surface area (Å²) in [4.78, 5) is 32.6. The van der Waals surface area contributed by atoms with Crippen LogP contribution >= 0.6 is 0 Å². The summed E-state index contributed by atoms with van der Waals surface area (Å²) in [6.07, 6.45) is 6.44. The maximum absolute atomic E-state index is 14.8. The Morgan fingerprint density at radius 2 is 1.70 bits per heavy atom. The van der Waals surface area contributed by atoms with Gasteiger partial charge in [0.2, 0.25) is 5.91 Å². The molecule has 10 nitrogen and oxygen atoms in total. The van der Waals surface area contributed by atoms with Gasteiger partial charge in [-0.2, -0.15) is 12.7 Å². The first-order valence-corrected chi connectivity index (χ1v) is 18.4. The summed E-state index contributed by atoms with van der Waals surface area (Å²) in [7, 11) is 2.64. The fourth-order valence-electron chi connectivity index (χ4n) is 8.66. The van der Waals surface area contributed by atoms with Crippen molar-refractivity contribution >= 4 is 32.9 Å². The third-order valence-corrected chi connectivity index (χ3v) is 13.0. The van der Waals surface area contributed by atoms with Crippen molar-refractivity contribution in [2.75, 3.05) is 41.3 Å². The average molecular weight is 662 g/mol. The lowest BCUT2D eigenvalue weighted by Crippen LogP contribution is -2.58. The van der Waals surface area contributed by atoms with Crippen LogP contribution in [0.3, 0.4) is 0 Å². The molecule has 1 N–H and O–H groups in total. The Kier molecular flexibility index (Phi) is 7.96. The lowest BCUT2D eigenvalue weighted by Gasteiger charge is -2.43. The lowest BCUT2D eigenvalue weighted by molar-refractivity contribution is -0.141. The van der Waals surface area contributed by atoms with Crippen molar-refractivity contribution < 1.29 is 22.7 Å². The molecule has 3 heterocycles. The summed E-state index contributed by atoms with van der Waals surface area (Å²) < 4.78 is 36.7. The highest BCUT2D eigenvalue weighted by Gasteiger charge is 2.65. The van der Waals surface area contributed by atoms with Crippen molar-refractivity contribution in [2.45, 2.75) is 82.8 Å². The zero-order valence-electron chi connectivity index (χ0n) is 28.4. The fourth-order valence-corrected chi connectivity index (χ4v) is 9.20. The van der Waals surface area contributed by atoms with Crippen LogP contribution in [0.4, 0.5) is 0 Å². The van der Waals surface area contributed by atoms with Gasteiger partial charge in [-0.05, 0) is 69.8 Å². The van der Waals surface area contributed by atoms with Gasteiger partial charge in [0.1, 0.15) is 5.75 Å². The topological polar surface area (TPSA) is 104 Å². The summed E-state index contributed by atoms with van der Waals surface area (Å²) in [6.45, 7) is 6.22. The maximum atomic E-state index is 14.8. The molecule has 0 bridgehead atoms. The summed E-state index contributed by atoms with van der Waals surface area (Å²) in [5, 5.41) is 1.07. The van der Waals surface area contributed by atoms with Crippen LogP contribution in [0.1, 0.15) is 85.7 Å². The quantitative estimate of drug-likeness (QED) is 0.402. The molecule has 7 rings (SSSR count). The van der Waals surface area contributed by atoms with Gasteiger partial charge in [-0.3, -0.25) is 14.5 Å². The number of hydrogen-bond donors (Lipinski definition) is 1. The molecule has 2 aromatic carbocycles. The standard InChI is InChI=1S/C36H47N5O5S/c1-22-19-40(20-23(2)39(22)5)35(43)36-18-28(36)32-27(13-10-14-30(32)46-6)33-31(24-11-8-7-9-12-24)26-16-15-25(17-29(26)41(33)21-36)34(42)37-47(44,45)38(3)4/h10,13-17,22-24,28H,7-9,11-12,18-21H2,1-6H3,(H,37,42)/t22-,23+,28?,36?. The van der Waals surface area contributed by atoms with E-state index in [1.807, 2.05) is 24.3 Å². The van der Waals surface area contributed by atoms with Crippen LogP contribution in [0, 0.1) is 5.41 Å². The summed E-state index contributed by atoms with van der Waals surface area (Å²) in [5.74, 6) is 0.671. The van der Waals surface area contributed by atoms with E-state index in [1.54, 1.807) is 13.2 Å². The van der Waals surface area contributed by atoms with E-state index in [1.165, 1.54) is 26.1 Å². The molecule has 2 amide bonds. The van der Waals surface area contributed by atoms with E-state index in [-0.39, 0.29) is 29.5 Å². The molecule has 2 unspecified atom stereocenters. The van der Waals surface area contributed by atoms with Crippen molar-refractivity contribution in [1.29, 1.82) is 0 Å². The highest BCUT2D eigenvalue weighted by Crippen LogP contribution is 2.67. The number of benzene rings is 2. The van der Waals surface area contributed by atoms with Gasteiger partial charge < -0.3 is 14.2 Å². The van der Waals surface area contributed by atoms with Gasteiger partial charge in [0, 0.05) is 79.3 Å². The first-order valence-electron chi connectivity index (χ1n) is 17.0. The number of likely N-dealkylation sites (N-methyl/N-ethyl adjacent to an activating group) is 1. The predicted molar refractivity (Wildman–Crippen MR) is 183 cm³/mol. The van der Waals surface area contributed by atoms with Gasteiger partial charge in [-0.15, -0.1) is 0 Å². The average Bonchev–Trinajstić information content (AvgIpc) is 3.71. The zero-order chi connectivity index (χ0) is 33.4. The largest absolute Gasteiger partial charge is 0.496 e. The first kappa shape index (κ1) is 32.2. The van der Waals surface area contributed by atoms with E-state index in [0.29, 0.717) is 25.6 Å². The number of carbonyl (C=O) groups is 2. The second-order valence-corrected chi connectivity index (χ2v) is 16.4. The molecule has 2 aliphatic carbocycles. The number of nitrogens with one attached hydrogen (secondary N) is 1. The van der Waals surface area contributed by atoms with Gasteiger partial charge in [-0.25, -0.2) is 4.72 Å². The number of hydrogen-bond acceptors (Lipinski definition) is 6.